The van der Waals surface area contributed by atoms with Gasteiger partial charge >= 0.3 is 11.9 Å². The van der Waals surface area contributed by atoms with Crippen LogP contribution in [0.4, 0.5) is 8.78 Å². The van der Waals surface area contributed by atoms with E-state index in [1.54, 1.807) is 12.1 Å². The SMILES string of the molecule is CCCCCCCCCc1ccc(-c2ncc(OC(=O)c3ccc(OCCCCCCC)cc3F)cn2)cc1.CCCCCCCCc1ccc(-c2ncc(OC(=O)c3ccc(OCCCCCCC)cc3F)cn2)cc1. The summed E-state index contributed by atoms with van der Waals surface area (Å²) < 4.78 is 50.9. The van der Waals surface area contributed by atoms with Crippen LogP contribution >= 0.6 is 0 Å². The second-order valence-corrected chi connectivity index (χ2v) is 19.9. The molecule has 10 nitrogen and oxygen atoms in total. The first-order valence-corrected chi connectivity index (χ1v) is 28.8. The highest BCUT2D eigenvalue weighted by molar-refractivity contribution is 5.92. The third kappa shape index (κ3) is 23.3. The van der Waals surface area contributed by atoms with Gasteiger partial charge in [-0.05, 0) is 73.9 Å². The minimum Gasteiger partial charge on any atom is -0.493 e. The number of aromatic nitrogens is 4. The monoisotopic (exact) mass is 1050 g/mol. The minimum atomic E-state index is -0.802. The predicted octanol–water partition coefficient (Wildman–Crippen LogP) is 17.9. The van der Waals surface area contributed by atoms with Gasteiger partial charge in [-0.2, -0.15) is 0 Å². The molecule has 0 N–H and O–H groups in total. The highest BCUT2D eigenvalue weighted by atomic mass is 19.1. The smallest absolute Gasteiger partial charge is 0.346 e. The van der Waals surface area contributed by atoms with Crippen molar-refractivity contribution in [3.05, 3.63) is 144 Å². The Morgan fingerprint density at radius 3 is 1.01 bits per heavy atom. The molecule has 0 saturated heterocycles. The number of hydrogen-bond acceptors (Lipinski definition) is 10. The van der Waals surface area contributed by atoms with Gasteiger partial charge in [0.05, 0.1) is 49.1 Å². The Bertz CT molecular complexity index is 2580. The van der Waals surface area contributed by atoms with Crippen LogP contribution in [0.1, 0.15) is 207 Å². The van der Waals surface area contributed by atoms with Gasteiger partial charge in [0.25, 0.3) is 0 Å². The molecule has 0 aliphatic rings. The third-order valence-electron chi connectivity index (χ3n) is 13.3. The van der Waals surface area contributed by atoms with Gasteiger partial charge in [0.2, 0.25) is 0 Å². The van der Waals surface area contributed by atoms with Gasteiger partial charge in [-0.1, -0.05) is 198 Å². The summed E-state index contributed by atoms with van der Waals surface area (Å²) in [6.07, 6.45) is 35.9. The van der Waals surface area contributed by atoms with Crippen molar-refractivity contribution in [2.24, 2.45) is 0 Å². The highest BCUT2D eigenvalue weighted by Crippen LogP contribution is 2.25. The molecule has 0 fully saturated rings. The Kier molecular flexibility index (Phi) is 29.0. The quantitative estimate of drug-likeness (QED) is 0.0281. The molecule has 2 heterocycles. The number of carbonyl (C=O) groups excluding carboxylic acids is 2. The van der Waals surface area contributed by atoms with E-state index in [9.17, 15) is 18.4 Å². The number of unbranched alkanes of at least 4 members (excludes halogenated alkanes) is 19. The van der Waals surface area contributed by atoms with Crippen LogP contribution in [0.3, 0.4) is 0 Å². The summed E-state index contributed by atoms with van der Waals surface area (Å²) in [6.45, 7) is 9.88. The lowest BCUT2D eigenvalue weighted by molar-refractivity contribution is 0.0718. The fraction of sp³-hybridized carbons (Fsp3) is 0.477. The molecule has 6 rings (SSSR count). The Morgan fingerprint density at radius 2 is 0.688 bits per heavy atom. The van der Waals surface area contributed by atoms with Crippen LogP contribution in [0.25, 0.3) is 22.8 Å². The first-order valence-electron chi connectivity index (χ1n) is 28.8. The first-order chi connectivity index (χ1) is 37.7. The summed E-state index contributed by atoms with van der Waals surface area (Å²) in [5, 5.41) is 0. The molecule has 12 heteroatoms. The lowest BCUT2D eigenvalue weighted by atomic mass is 10.0. The zero-order chi connectivity index (χ0) is 54.7. The standard InChI is InChI=1S/C33H43FN2O3.C32H41FN2O3/c1-3-5-7-9-10-11-13-15-26-16-18-27(19-17-26)32-35-24-29(25-36-32)39-33(37)30-21-20-28(23-31(30)34)38-22-14-12-8-6-4-2;1-3-5-7-9-10-12-14-25-15-17-26(18-16-25)31-34-23-28(24-35-31)38-32(36)29-20-19-27(22-30(29)33)37-21-13-11-8-6-4-2/h16-21,23-25H,3-15,22H2,1-2H3;15-20,22-24H,3-14,21H2,1-2H3. The molecule has 0 unspecified atom stereocenters. The molecule has 0 aliphatic heterocycles. The Balaban J connectivity index is 0.000000284. The normalized spacial score (nSPS) is 10.9. The van der Waals surface area contributed by atoms with E-state index < -0.39 is 23.6 Å². The number of nitrogens with zero attached hydrogens (tertiary/aromatic N) is 4. The maximum atomic E-state index is 14.5. The molecule has 0 atom stereocenters. The number of halogens is 2. The largest absolute Gasteiger partial charge is 0.493 e. The number of esters is 2. The van der Waals surface area contributed by atoms with E-state index in [0.717, 1.165) is 49.7 Å². The summed E-state index contributed by atoms with van der Waals surface area (Å²) in [4.78, 5) is 42.3. The van der Waals surface area contributed by atoms with Gasteiger partial charge < -0.3 is 18.9 Å². The van der Waals surface area contributed by atoms with Crippen molar-refractivity contribution in [1.29, 1.82) is 0 Å². The summed E-state index contributed by atoms with van der Waals surface area (Å²) in [5.41, 5.74) is 4.07. The topological polar surface area (TPSA) is 123 Å². The van der Waals surface area contributed by atoms with E-state index in [1.807, 2.05) is 24.3 Å². The second kappa shape index (κ2) is 36.5. The van der Waals surface area contributed by atoms with Gasteiger partial charge in [-0.25, -0.2) is 38.3 Å². The summed E-state index contributed by atoms with van der Waals surface area (Å²) in [6, 6.07) is 24.9. The number of benzene rings is 4. The van der Waals surface area contributed by atoms with Gasteiger partial charge in [-0.15, -0.1) is 0 Å². The van der Waals surface area contributed by atoms with E-state index in [-0.39, 0.29) is 22.6 Å². The summed E-state index contributed by atoms with van der Waals surface area (Å²) in [5.74, 6) is -0.765. The van der Waals surface area contributed by atoms with Crippen LogP contribution in [-0.4, -0.2) is 45.1 Å². The maximum absolute atomic E-state index is 14.5. The fourth-order valence-corrected chi connectivity index (χ4v) is 8.69. The lowest BCUT2D eigenvalue weighted by Gasteiger charge is -2.09. The van der Waals surface area contributed by atoms with Crippen molar-refractivity contribution in [1.82, 2.24) is 19.9 Å². The summed E-state index contributed by atoms with van der Waals surface area (Å²) >= 11 is 0. The molecule has 2 aromatic heterocycles. The molecule has 0 amide bonds. The number of carbonyl (C=O) groups is 2. The average Bonchev–Trinajstić information content (AvgIpc) is 3.45. The molecule has 0 aliphatic carbocycles. The van der Waals surface area contributed by atoms with Crippen LogP contribution in [0, 0.1) is 11.6 Å². The molecule has 414 valence electrons. The Labute approximate surface area is 458 Å². The van der Waals surface area contributed by atoms with E-state index in [4.69, 9.17) is 18.9 Å². The number of rotatable bonds is 35. The van der Waals surface area contributed by atoms with Crippen LogP contribution in [0.15, 0.2) is 110 Å². The zero-order valence-electron chi connectivity index (χ0n) is 46.5. The maximum Gasteiger partial charge on any atom is 0.346 e. The van der Waals surface area contributed by atoms with E-state index in [2.05, 4.69) is 71.9 Å². The van der Waals surface area contributed by atoms with E-state index >= 15 is 0 Å². The van der Waals surface area contributed by atoms with Gasteiger partial charge in [-0.3, -0.25) is 0 Å². The summed E-state index contributed by atoms with van der Waals surface area (Å²) in [7, 11) is 0. The number of ether oxygens (including phenoxy) is 4. The number of aryl methyl sites for hydroxylation is 2. The third-order valence-corrected chi connectivity index (χ3v) is 13.3. The second-order valence-electron chi connectivity index (χ2n) is 19.9. The minimum absolute atomic E-state index is 0.158. The molecule has 0 saturated carbocycles. The predicted molar refractivity (Wildman–Crippen MR) is 305 cm³/mol. The van der Waals surface area contributed by atoms with E-state index in [0.29, 0.717) is 36.4 Å². The molecule has 6 aromatic rings. The fourth-order valence-electron chi connectivity index (χ4n) is 8.69. The molecule has 4 aromatic carbocycles. The van der Waals surface area contributed by atoms with E-state index in [1.165, 1.54) is 182 Å². The first kappa shape index (κ1) is 61.3. The van der Waals surface area contributed by atoms with Crippen LogP contribution < -0.4 is 18.9 Å². The van der Waals surface area contributed by atoms with Gasteiger partial charge in [0.15, 0.2) is 23.1 Å². The Morgan fingerprint density at radius 1 is 0.377 bits per heavy atom. The van der Waals surface area contributed by atoms with Crippen molar-refractivity contribution in [3.63, 3.8) is 0 Å². The zero-order valence-corrected chi connectivity index (χ0v) is 46.5. The van der Waals surface area contributed by atoms with Crippen molar-refractivity contribution < 1.29 is 37.3 Å². The molecule has 0 radical (unpaired) electrons. The van der Waals surface area contributed by atoms with Crippen LogP contribution in [0.5, 0.6) is 23.0 Å². The van der Waals surface area contributed by atoms with Crippen LogP contribution in [-0.2, 0) is 12.8 Å². The Hall–Kier alpha value is -6.56. The average molecular weight is 1060 g/mol. The van der Waals surface area contributed by atoms with Crippen molar-refractivity contribution in [3.8, 4) is 45.8 Å². The molecule has 0 bridgehead atoms. The van der Waals surface area contributed by atoms with Crippen molar-refractivity contribution in [2.75, 3.05) is 13.2 Å². The lowest BCUT2D eigenvalue weighted by Crippen LogP contribution is -2.11. The van der Waals surface area contributed by atoms with Crippen molar-refractivity contribution >= 4 is 11.9 Å². The molecular weight excluding hydrogens is 971 g/mol. The van der Waals surface area contributed by atoms with Crippen LogP contribution in [0.2, 0.25) is 0 Å². The van der Waals surface area contributed by atoms with Crippen molar-refractivity contribution in [2.45, 2.75) is 188 Å². The number of hydrogen-bond donors (Lipinski definition) is 0. The highest BCUT2D eigenvalue weighted by Gasteiger charge is 2.18. The molecule has 77 heavy (non-hydrogen) atoms. The molecular formula is C65H84F2N4O6. The van der Waals surface area contributed by atoms with Gasteiger partial charge in [0.1, 0.15) is 23.1 Å². The van der Waals surface area contributed by atoms with Gasteiger partial charge in [0, 0.05) is 23.3 Å². The molecule has 0 spiro atoms.